The van der Waals surface area contributed by atoms with E-state index in [-0.39, 0.29) is 10.6 Å². The summed E-state index contributed by atoms with van der Waals surface area (Å²) < 4.78 is 0. The summed E-state index contributed by atoms with van der Waals surface area (Å²) in [7, 11) is 0. The van der Waals surface area contributed by atoms with E-state index < -0.39 is 0 Å². The molecule has 3 nitrogen and oxygen atoms in total. The van der Waals surface area contributed by atoms with Crippen molar-refractivity contribution in [2.24, 2.45) is 5.92 Å². The van der Waals surface area contributed by atoms with Crippen molar-refractivity contribution >= 4 is 5.69 Å². The first-order chi connectivity index (χ1) is 6.70. The van der Waals surface area contributed by atoms with Gasteiger partial charge in [0.25, 0.3) is 5.69 Å². The molecule has 0 heterocycles. The second-order valence-electron chi connectivity index (χ2n) is 3.89. The number of nitro groups is 1. The van der Waals surface area contributed by atoms with Crippen LogP contribution >= 0.6 is 0 Å². The van der Waals surface area contributed by atoms with Gasteiger partial charge in [-0.15, -0.1) is 0 Å². The van der Waals surface area contributed by atoms with Crippen molar-refractivity contribution in [1.29, 1.82) is 0 Å². The maximum absolute atomic E-state index is 10.6. The molecular formula is C11H13NO2. The molecule has 0 aromatic heterocycles. The minimum Gasteiger partial charge on any atom is -0.258 e. The SMILES string of the molecule is CCC1Cc2ccc([N+](=O)[O-])cc2C1. The highest BCUT2D eigenvalue weighted by Gasteiger charge is 2.21. The minimum absolute atomic E-state index is 0.223. The summed E-state index contributed by atoms with van der Waals surface area (Å²) in [5.74, 6) is 0.687. The fraction of sp³-hybridized carbons (Fsp3) is 0.455. The third-order valence-electron chi connectivity index (χ3n) is 3.00. The second kappa shape index (κ2) is 3.40. The van der Waals surface area contributed by atoms with E-state index in [1.54, 1.807) is 12.1 Å². The van der Waals surface area contributed by atoms with Gasteiger partial charge in [-0.05, 0) is 29.9 Å². The van der Waals surface area contributed by atoms with E-state index in [2.05, 4.69) is 6.92 Å². The van der Waals surface area contributed by atoms with Crippen molar-refractivity contribution in [2.45, 2.75) is 26.2 Å². The zero-order chi connectivity index (χ0) is 10.1. The van der Waals surface area contributed by atoms with Gasteiger partial charge >= 0.3 is 0 Å². The summed E-state index contributed by atoms with van der Waals surface area (Å²) in [4.78, 5) is 10.2. The van der Waals surface area contributed by atoms with E-state index in [1.807, 2.05) is 6.07 Å². The molecule has 0 fully saturated rings. The number of benzene rings is 1. The van der Waals surface area contributed by atoms with Crippen molar-refractivity contribution < 1.29 is 4.92 Å². The number of hydrogen-bond acceptors (Lipinski definition) is 2. The lowest BCUT2D eigenvalue weighted by molar-refractivity contribution is -0.384. The van der Waals surface area contributed by atoms with Crippen molar-refractivity contribution in [2.75, 3.05) is 0 Å². The maximum Gasteiger partial charge on any atom is 0.269 e. The molecule has 1 aliphatic rings. The van der Waals surface area contributed by atoms with Crippen LogP contribution in [0.25, 0.3) is 0 Å². The number of non-ortho nitro benzene ring substituents is 1. The Morgan fingerprint density at radius 3 is 2.79 bits per heavy atom. The van der Waals surface area contributed by atoms with Crippen molar-refractivity contribution in [1.82, 2.24) is 0 Å². The van der Waals surface area contributed by atoms with Crippen LogP contribution in [0.15, 0.2) is 18.2 Å². The predicted molar refractivity (Wildman–Crippen MR) is 54.3 cm³/mol. The minimum atomic E-state index is -0.320. The van der Waals surface area contributed by atoms with Crippen LogP contribution in [0, 0.1) is 16.0 Å². The molecule has 0 saturated carbocycles. The van der Waals surface area contributed by atoms with Gasteiger partial charge in [0, 0.05) is 12.1 Å². The van der Waals surface area contributed by atoms with Crippen molar-refractivity contribution in [3.8, 4) is 0 Å². The van der Waals surface area contributed by atoms with Gasteiger partial charge < -0.3 is 0 Å². The molecule has 0 radical (unpaired) electrons. The summed E-state index contributed by atoms with van der Waals surface area (Å²) >= 11 is 0. The molecular weight excluding hydrogens is 178 g/mol. The first-order valence-electron chi connectivity index (χ1n) is 4.97. The number of hydrogen-bond donors (Lipinski definition) is 0. The molecule has 0 spiro atoms. The van der Waals surface area contributed by atoms with Gasteiger partial charge in [0.05, 0.1) is 4.92 Å². The Balaban J connectivity index is 2.31. The first-order valence-corrected chi connectivity index (χ1v) is 4.97. The topological polar surface area (TPSA) is 43.1 Å². The molecule has 2 rings (SSSR count). The normalized spacial score (nSPS) is 19.4. The summed E-state index contributed by atoms with van der Waals surface area (Å²) in [6.45, 7) is 2.17. The highest BCUT2D eigenvalue weighted by Crippen LogP contribution is 2.31. The van der Waals surface area contributed by atoms with Gasteiger partial charge in [-0.2, -0.15) is 0 Å². The van der Waals surface area contributed by atoms with Crippen LogP contribution in [-0.4, -0.2) is 4.92 Å². The lowest BCUT2D eigenvalue weighted by Gasteiger charge is -2.01. The van der Waals surface area contributed by atoms with Gasteiger partial charge in [-0.25, -0.2) is 0 Å². The van der Waals surface area contributed by atoms with E-state index in [4.69, 9.17) is 0 Å². The van der Waals surface area contributed by atoms with Crippen LogP contribution in [0.5, 0.6) is 0 Å². The average molecular weight is 191 g/mol. The lowest BCUT2D eigenvalue weighted by atomic mass is 10.0. The zero-order valence-corrected chi connectivity index (χ0v) is 8.19. The molecule has 0 bridgehead atoms. The highest BCUT2D eigenvalue weighted by molar-refractivity contribution is 5.42. The highest BCUT2D eigenvalue weighted by atomic mass is 16.6. The Morgan fingerprint density at radius 2 is 2.14 bits per heavy atom. The molecule has 74 valence electrons. The molecule has 1 aromatic rings. The number of fused-ring (bicyclic) bond motifs is 1. The van der Waals surface area contributed by atoms with Crippen LogP contribution in [0.4, 0.5) is 5.69 Å². The molecule has 1 atom stereocenters. The summed E-state index contributed by atoms with van der Waals surface area (Å²) in [5.41, 5.74) is 2.69. The quantitative estimate of drug-likeness (QED) is 0.532. The van der Waals surface area contributed by atoms with E-state index >= 15 is 0 Å². The molecule has 0 amide bonds. The van der Waals surface area contributed by atoms with Crippen LogP contribution in [0.1, 0.15) is 24.5 Å². The Morgan fingerprint density at radius 1 is 1.43 bits per heavy atom. The van der Waals surface area contributed by atoms with Crippen LogP contribution < -0.4 is 0 Å². The molecule has 14 heavy (non-hydrogen) atoms. The predicted octanol–water partition coefficient (Wildman–Crippen LogP) is 2.72. The van der Waals surface area contributed by atoms with Gasteiger partial charge in [0.15, 0.2) is 0 Å². The smallest absolute Gasteiger partial charge is 0.258 e. The zero-order valence-electron chi connectivity index (χ0n) is 8.19. The molecule has 1 aromatic carbocycles. The average Bonchev–Trinajstić information content (AvgIpc) is 2.58. The van der Waals surface area contributed by atoms with E-state index in [0.29, 0.717) is 5.92 Å². The van der Waals surface area contributed by atoms with Crippen LogP contribution in [0.2, 0.25) is 0 Å². The third kappa shape index (κ3) is 1.50. The van der Waals surface area contributed by atoms with Gasteiger partial charge in [-0.1, -0.05) is 19.4 Å². The second-order valence-corrected chi connectivity index (χ2v) is 3.89. The summed E-state index contributed by atoms with van der Waals surface area (Å²) in [6.07, 6.45) is 3.25. The van der Waals surface area contributed by atoms with E-state index in [9.17, 15) is 10.1 Å². The third-order valence-corrected chi connectivity index (χ3v) is 3.00. The fourth-order valence-electron chi connectivity index (χ4n) is 2.10. The van der Waals surface area contributed by atoms with E-state index in [0.717, 1.165) is 19.3 Å². The van der Waals surface area contributed by atoms with Crippen molar-refractivity contribution in [3.63, 3.8) is 0 Å². The molecule has 1 unspecified atom stereocenters. The Kier molecular flexibility index (Phi) is 2.23. The fourth-order valence-corrected chi connectivity index (χ4v) is 2.10. The van der Waals surface area contributed by atoms with Gasteiger partial charge in [0.1, 0.15) is 0 Å². The number of nitrogens with zero attached hydrogens (tertiary/aromatic N) is 1. The molecule has 1 aliphatic carbocycles. The molecule has 0 saturated heterocycles. The number of rotatable bonds is 2. The molecule has 0 N–H and O–H groups in total. The summed E-state index contributed by atoms with van der Waals surface area (Å²) in [6, 6.07) is 5.24. The molecule has 3 heteroatoms. The van der Waals surface area contributed by atoms with E-state index in [1.165, 1.54) is 11.1 Å². The van der Waals surface area contributed by atoms with Crippen molar-refractivity contribution in [3.05, 3.63) is 39.4 Å². The van der Waals surface area contributed by atoms with Crippen LogP contribution in [-0.2, 0) is 12.8 Å². The standard InChI is InChI=1S/C11H13NO2/c1-2-8-5-9-3-4-11(12(13)14)7-10(9)6-8/h3-4,7-8H,2,5-6H2,1H3. The lowest BCUT2D eigenvalue weighted by Crippen LogP contribution is -1.95. The van der Waals surface area contributed by atoms with Gasteiger partial charge in [-0.3, -0.25) is 10.1 Å². The number of nitro benzene ring substituents is 1. The molecule has 0 aliphatic heterocycles. The Labute approximate surface area is 82.9 Å². The van der Waals surface area contributed by atoms with Crippen LogP contribution in [0.3, 0.4) is 0 Å². The van der Waals surface area contributed by atoms with Gasteiger partial charge in [0.2, 0.25) is 0 Å². The monoisotopic (exact) mass is 191 g/mol. The first kappa shape index (κ1) is 9.19. The largest absolute Gasteiger partial charge is 0.269 e. The Bertz CT molecular complexity index is 374. The Hall–Kier alpha value is -1.38. The maximum atomic E-state index is 10.6. The summed E-state index contributed by atoms with van der Waals surface area (Å²) in [5, 5.41) is 10.6.